The maximum Gasteiger partial charge on any atom is 0.373 e. The van der Waals surface area contributed by atoms with Crippen molar-refractivity contribution in [1.29, 1.82) is 0 Å². The summed E-state index contributed by atoms with van der Waals surface area (Å²) < 4.78 is 15.3. The molecule has 2 N–H and O–H groups in total. The number of hydrogen-bond donors (Lipinski definition) is 2. The maximum absolute atomic E-state index is 12.6. The van der Waals surface area contributed by atoms with Crippen LogP contribution < -0.4 is 10.1 Å². The molecule has 0 spiro atoms. The van der Waals surface area contributed by atoms with Gasteiger partial charge in [-0.2, -0.15) is 0 Å². The molecule has 162 valence electrons. The largest absolute Gasteiger partial charge is 0.479 e. The second-order valence-corrected chi connectivity index (χ2v) is 7.39. The molecule has 1 saturated heterocycles. The summed E-state index contributed by atoms with van der Waals surface area (Å²) in [6, 6.07) is 5.17. The van der Waals surface area contributed by atoms with Crippen LogP contribution in [0.25, 0.3) is 6.08 Å². The molecule has 31 heavy (non-hydrogen) atoms. The number of amides is 3. The number of carbonyl (C=O) groups is 4. The van der Waals surface area contributed by atoms with Crippen LogP contribution in [0.1, 0.15) is 21.9 Å². The molecule has 0 unspecified atom stereocenters. The molecule has 0 aliphatic carbocycles. The van der Waals surface area contributed by atoms with Crippen LogP contribution in [0.4, 0.5) is 4.79 Å². The van der Waals surface area contributed by atoms with Crippen molar-refractivity contribution < 1.29 is 38.2 Å². The molecule has 3 amide bonds. The minimum atomic E-state index is -1.16. The molecule has 2 aromatic rings. The van der Waals surface area contributed by atoms with E-state index in [2.05, 4.69) is 26.0 Å². The molecule has 0 atom stereocenters. The van der Waals surface area contributed by atoms with Crippen LogP contribution in [0.15, 0.2) is 38.9 Å². The van der Waals surface area contributed by atoms with Gasteiger partial charge in [-0.3, -0.25) is 9.69 Å². The number of carboxylic acid groups (broad SMARTS) is 1. The summed E-state index contributed by atoms with van der Waals surface area (Å²) in [5.74, 6) is -2.15. The Morgan fingerprint density at radius 2 is 2.06 bits per heavy atom. The van der Waals surface area contributed by atoms with E-state index in [4.69, 9.17) is 25.9 Å². The summed E-state index contributed by atoms with van der Waals surface area (Å²) in [7, 11) is 1.20. The SMILES string of the molecule is COC(=O)c1ccc(CN2C(=O)N/C(=C\c3cc(Cl)c(OCC(=O)O)c(Br)c3)C2=O)o1. The highest BCUT2D eigenvalue weighted by Gasteiger charge is 2.34. The van der Waals surface area contributed by atoms with Crippen LogP contribution in [0, 0.1) is 0 Å². The first-order valence-corrected chi connectivity index (χ1v) is 9.72. The van der Waals surface area contributed by atoms with Crippen LogP contribution in [0.3, 0.4) is 0 Å². The van der Waals surface area contributed by atoms with Gasteiger partial charge in [0, 0.05) is 0 Å². The fourth-order valence-corrected chi connectivity index (χ4v) is 3.63. The minimum absolute atomic E-state index is 0.00748. The smallest absolute Gasteiger partial charge is 0.373 e. The number of aliphatic carboxylic acids is 1. The average Bonchev–Trinajstić information content (AvgIpc) is 3.27. The van der Waals surface area contributed by atoms with Crippen molar-refractivity contribution in [3.63, 3.8) is 0 Å². The zero-order valence-electron chi connectivity index (χ0n) is 15.8. The van der Waals surface area contributed by atoms with E-state index < -0.39 is 30.5 Å². The fourth-order valence-electron chi connectivity index (χ4n) is 2.65. The lowest BCUT2D eigenvalue weighted by Crippen LogP contribution is -2.30. The Kier molecular flexibility index (Phi) is 6.66. The van der Waals surface area contributed by atoms with E-state index in [0.29, 0.717) is 10.0 Å². The molecular weight excluding hydrogens is 500 g/mol. The summed E-state index contributed by atoms with van der Waals surface area (Å²) in [5.41, 5.74) is 0.447. The quantitative estimate of drug-likeness (QED) is 0.328. The number of furan rings is 1. The van der Waals surface area contributed by atoms with E-state index in [0.717, 1.165) is 4.90 Å². The number of urea groups is 1. The fraction of sp³-hybridized carbons (Fsp3) is 0.158. The van der Waals surface area contributed by atoms with Crippen molar-refractivity contribution in [2.45, 2.75) is 6.54 Å². The van der Waals surface area contributed by atoms with Gasteiger partial charge in [-0.1, -0.05) is 11.6 Å². The van der Waals surface area contributed by atoms with Crippen molar-refractivity contribution in [3.8, 4) is 5.75 Å². The molecule has 0 saturated carbocycles. The number of methoxy groups -OCH3 is 1. The molecule has 0 radical (unpaired) electrons. The summed E-state index contributed by atoms with van der Waals surface area (Å²) in [6.45, 7) is -0.766. The van der Waals surface area contributed by atoms with E-state index in [1.165, 1.54) is 31.4 Å². The van der Waals surface area contributed by atoms with Crippen molar-refractivity contribution >= 4 is 57.5 Å². The first-order valence-electron chi connectivity index (χ1n) is 8.54. The van der Waals surface area contributed by atoms with Gasteiger partial charge < -0.3 is 24.3 Å². The number of rotatable bonds is 7. The predicted octanol–water partition coefficient (Wildman–Crippen LogP) is 3.04. The standard InChI is InChI=1S/C19H14BrClN2O8/c1-29-18(27)14-3-2-10(31-14)7-23-17(26)13(22-19(23)28)6-9-4-11(20)16(12(21)5-9)30-8-15(24)25/h2-6H,7-8H2,1H3,(H,22,28)(H,24,25)/b13-6-. The summed E-state index contributed by atoms with van der Waals surface area (Å²) >= 11 is 9.37. The van der Waals surface area contributed by atoms with Gasteiger partial charge in [-0.15, -0.1) is 0 Å². The van der Waals surface area contributed by atoms with Crippen molar-refractivity contribution in [2.75, 3.05) is 13.7 Å². The molecule has 1 aliphatic rings. The number of ether oxygens (including phenoxy) is 2. The van der Waals surface area contributed by atoms with Crippen LogP contribution in [0.2, 0.25) is 5.02 Å². The minimum Gasteiger partial charge on any atom is -0.479 e. The number of halogens is 2. The molecule has 1 fully saturated rings. The van der Waals surface area contributed by atoms with Gasteiger partial charge in [0.2, 0.25) is 5.76 Å². The lowest BCUT2D eigenvalue weighted by atomic mass is 10.2. The van der Waals surface area contributed by atoms with E-state index in [9.17, 15) is 19.2 Å². The van der Waals surface area contributed by atoms with E-state index in [1.807, 2.05) is 0 Å². The van der Waals surface area contributed by atoms with E-state index in [1.54, 1.807) is 6.07 Å². The Labute approximate surface area is 188 Å². The van der Waals surface area contributed by atoms with E-state index in [-0.39, 0.29) is 34.5 Å². The number of carboxylic acids is 1. The normalized spacial score (nSPS) is 14.7. The highest BCUT2D eigenvalue weighted by Crippen LogP contribution is 2.35. The van der Waals surface area contributed by atoms with Crippen LogP contribution in [-0.4, -0.2) is 47.6 Å². The monoisotopic (exact) mass is 512 g/mol. The molecule has 3 rings (SSSR count). The summed E-state index contributed by atoms with van der Waals surface area (Å²) in [4.78, 5) is 47.9. The maximum atomic E-state index is 12.6. The molecule has 1 aromatic carbocycles. The molecular formula is C19H14BrClN2O8. The second-order valence-electron chi connectivity index (χ2n) is 6.13. The third-order valence-corrected chi connectivity index (χ3v) is 4.87. The first kappa shape index (κ1) is 22.4. The Morgan fingerprint density at radius 3 is 2.71 bits per heavy atom. The third-order valence-electron chi connectivity index (χ3n) is 4.00. The van der Waals surface area contributed by atoms with Crippen LogP contribution in [0.5, 0.6) is 5.75 Å². The van der Waals surface area contributed by atoms with Crippen molar-refractivity contribution in [1.82, 2.24) is 10.2 Å². The van der Waals surface area contributed by atoms with Gasteiger partial charge in [0.1, 0.15) is 11.5 Å². The molecule has 2 heterocycles. The van der Waals surface area contributed by atoms with Gasteiger partial charge in [-0.25, -0.2) is 14.4 Å². The molecule has 12 heteroatoms. The number of carbonyl (C=O) groups excluding carboxylic acids is 3. The number of imide groups is 1. The molecule has 10 nitrogen and oxygen atoms in total. The number of esters is 1. The Balaban J connectivity index is 1.77. The molecule has 1 aliphatic heterocycles. The number of hydrogen-bond acceptors (Lipinski definition) is 7. The number of nitrogens with zero attached hydrogens (tertiary/aromatic N) is 1. The highest BCUT2D eigenvalue weighted by atomic mass is 79.9. The Morgan fingerprint density at radius 1 is 1.32 bits per heavy atom. The lowest BCUT2D eigenvalue weighted by Gasteiger charge is -2.10. The van der Waals surface area contributed by atoms with Gasteiger partial charge in [0.25, 0.3) is 5.91 Å². The highest BCUT2D eigenvalue weighted by molar-refractivity contribution is 9.10. The van der Waals surface area contributed by atoms with Gasteiger partial charge in [-0.05, 0) is 51.8 Å². The zero-order chi connectivity index (χ0) is 22.7. The van der Waals surface area contributed by atoms with Gasteiger partial charge in [0.15, 0.2) is 12.4 Å². The zero-order valence-corrected chi connectivity index (χ0v) is 18.2. The summed E-state index contributed by atoms with van der Waals surface area (Å²) in [5, 5.41) is 11.3. The van der Waals surface area contributed by atoms with Gasteiger partial charge >= 0.3 is 18.0 Å². The second kappa shape index (κ2) is 9.23. The van der Waals surface area contributed by atoms with E-state index >= 15 is 0 Å². The predicted molar refractivity (Wildman–Crippen MR) is 109 cm³/mol. The molecule has 1 aromatic heterocycles. The van der Waals surface area contributed by atoms with Crippen molar-refractivity contribution in [3.05, 3.63) is 56.5 Å². The average molecular weight is 514 g/mol. The number of benzene rings is 1. The molecule has 0 bridgehead atoms. The first-order chi connectivity index (χ1) is 14.7. The van der Waals surface area contributed by atoms with Gasteiger partial charge in [0.05, 0.1) is 23.1 Å². The summed E-state index contributed by atoms with van der Waals surface area (Å²) in [6.07, 6.45) is 1.40. The topological polar surface area (TPSA) is 135 Å². The van der Waals surface area contributed by atoms with Crippen LogP contribution >= 0.6 is 27.5 Å². The van der Waals surface area contributed by atoms with Crippen molar-refractivity contribution in [2.24, 2.45) is 0 Å². The lowest BCUT2D eigenvalue weighted by molar-refractivity contribution is -0.139. The third kappa shape index (κ3) is 5.06. The van der Waals surface area contributed by atoms with Crippen LogP contribution in [-0.2, 0) is 20.9 Å². The Hall–Kier alpha value is -3.31. The number of nitrogens with one attached hydrogen (secondary N) is 1. The Bertz CT molecular complexity index is 1090.